The quantitative estimate of drug-likeness (QED) is 0.471. The minimum absolute atomic E-state index is 0.167. The van der Waals surface area contributed by atoms with Gasteiger partial charge in [0.15, 0.2) is 0 Å². The molecule has 0 aliphatic rings. The van der Waals surface area contributed by atoms with Gasteiger partial charge in [-0.15, -0.1) is 0 Å². The number of ether oxygens (including phenoxy) is 4. The first kappa shape index (κ1) is 20.2. The molecule has 6 nitrogen and oxygen atoms in total. The van der Waals surface area contributed by atoms with Crippen LogP contribution >= 0.6 is 0 Å². The number of methoxy groups -OCH3 is 1. The van der Waals surface area contributed by atoms with E-state index in [0.717, 1.165) is 0 Å². The zero-order valence-electron chi connectivity index (χ0n) is 12.4. The normalized spacial score (nSPS) is 9.26. The smallest absolute Gasteiger partial charge is 0.305 e. The van der Waals surface area contributed by atoms with Crippen molar-refractivity contribution in [3.8, 4) is 0 Å². The molecule has 0 saturated carbocycles. The van der Waals surface area contributed by atoms with Crippen molar-refractivity contribution in [1.29, 1.82) is 0 Å². The topological polar surface area (TPSA) is 71.1 Å². The first-order valence-electron chi connectivity index (χ1n) is 6.50. The summed E-state index contributed by atoms with van der Waals surface area (Å²) in [7, 11) is 1.57. The number of carbonyl (C=O) groups is 2. The molecular formula is C13H26O6. The van der Waals surface area contributed by atoms with Crippen molar-refractivity contribution in [3.05, 3.63) is 0 Å². The van der Waals surface area contributed by atoms with E-state index < -0.39 is 0 Å². The van der Waals surface area contributed by atoms with E-state index in [1.807, 2.05) is 6.92 Å². The van der Waals surface area contributed by atoms with Gasteiger partial charge >= 0.3 is 11.9 Å². The maximum absolute atomic E-state index is 10.5. The molecule has 0 bridgehead atoms. The largest absolute Gasteiger partial charge is 0.463 e. The molecule has 0 saturated heterocycles. The van der Waals surface area contributed by atoms with Crippen LogP contribution in [-0.4, -0.2) is 52.1 Å². The highest BCUT2D eigenvalue weighted by molar-refractivity contribution is 5.69. The van der Waals surface area contributed by atoms with Crippen LogP contribution in [0.1, 0.15) is 33.6 Å². The fraction of sp³-hybridized carbons (Fsp3) is 0.846. The van der Waals surface area contributed by atoms with Gasteiger partial charge in [-0.25, -0.2) is 0 Å². The SMILES string of the molecule is CCC(=O)OCCOC.CCOCCOC(=O)CC. The summed E-state index contributed by atoms with van der Waals surface area (Å²) in [6, 6.07) is 0. The van der Waals surface area contributed by atoms with Crippen LogP contribution < -0.4 is 0 Å². The van der Waals surface area contributed by atoms with E-state index >= 15 is 0 Å². The second-order valence-electron chi connectivity index (χ2n) is 3.34. The lowest BCUT2D eigenvalue weighted by molar-refractivity contribution is -0.145. The Morgan fingerprint density at radius 1 is 0.789 bits per heavy atom. The summed E-state index contributed by atoms with van der Waals surface area (Å²) < 4.78 is 19.0. The number of hydrogen-bond donors (Lipinski definition) is 0. The van der Waals surface area contributed by atoms with Gasteiger partial charge in [-0.3, -0.25) is 9.59 Å². The summed E-state index contributed by atoms with van der Waals surface area (Å²) in [5.74, 6) is -0.341. The molecular weight excluding hydrogens is 252 g/mol. The fourth-order valence-electron chi connectivity index (χ4n) is 0.802. The van der Waals surface area contributed by atoms with Crippen molar-refractivity contribution in [3.63, 3.8) is 0 Å². The van der Waals surface area contributed by atoms with Crippen LogP contribution in [0.25, 0.3) is 0 Å². The van der Waals surface area contributed by atoms with Gasteiger partial charge in [0, 0.05) is 26.6 Å². The van der Waals surface area contributed by atoms with Gasteiger partial charge in [0.05, 0.1) is 13.2 Å². The lowest BCUT2D eigenvalue weighted by Gasteiger charge is -2.01. The zero-order valence-corrected chi connectivity index (χ0v) is 12.4. The van der Waals surface area contributed by atoms with E-state index in [2.05, 4.69) is 9.47 Å². The van der Waals surface area contributed by atoms with Gasteiger partial charge in [-0.2, -0.15) is 0 Å². The highest BCUT2D eigenvalue weighted by Crippen LogP contribution is 1.84. The minimum Gasteiger partial charge on any atom is -0.463 e. The minimum atomic E-state index is -0.174. The Hall–Kier alpha value is -1.14. The van der Waals surface area contributed by atoms with E-state index in [0.29, 0.717) is 45.9 Å². The molecule has 0 aromatic heterocycles. The molecule has 0 aliphatic heterocycles. The molecule has 0 atom stereocenters. The van der Waals surface area contributed by atoms with Gasteiger partial charge in [0.25, 0.3) is 0 Å². The second-order valence-corrected chi connectivity index (χ2v) is 3.34. The zero-order chi connectivity index (χ0) is 14.9. The first-order chi connectivity index (χ1) is 9.12. The average molecular weight is 278 g/mol. The van der Waals surface area contributed by atoms with Crippen molar-refractivity contribution < 1.29 is 28.5 Å². The lowest BCUT2D eigenvalue weighted by atomic mass is 10.5. The molecule has 0 unspecified atom stereocenters. The molecule has 0 N–H and O–H groups in total. The number of carbonyl (C=O) groups excluding carboxylic acids is 2. The van der Waals surface area contributed by atoms with Crippen LogP contribution in [0.2, 0.25) is 0 Å². The fourth-order valence-corrected chi connectivity index (χ4v) is 0.802. The average Bonchev–Trinajstić information content (AvgIpc) is 2.44. The highest BCUT2D eigenvalue weighted by atomic mass is 16.6. The Morgan fingerprint density at radius 2 is 1.26 bits per heavy atom. The molecule has 19 heavy (non-hydrogen) atoms. The Morgan fingerprint density at radius 3 is 1.63 bits per heavy atom. The van der Waals surface area contributed by atoms with E-state index in [1.165, 1.54) is 0 Å². The maximum Gasteiger partial charge on any atom is 0.305 e. The van der Waals surface area contributed by atoms with E-state index in [-0.39, 0.29) is 11.9 Å². The number of hydrogen-bond acceptors (Lipinski definition) is 6. The summed E-state index contributed by atoms with van der Waals surface area (Å²) in [4.78, 5) is 20.9. The Balaban J connectivity index is 0. The van der Waals surface area contributed by atoms with Crippen molar-refractivity contribution in [2.24, 2.45) is 0 Å². The van der Waals surface area contributed by atoms with Gasteiger partial charge in [0.2, 0.25) is 0 Å². The lowest BCUT2D eigenvalue weighted by Crippen LogP contribution is -2.09. The second kappa shape index (κ2) is 16.9. The van der Waals surface area contributed by atoms with Crippen LogP contribution in [0.4, 0.5) is 0 Å². The molecule has 114 valence electrons. The van der Waals surface area contributed by atoms with Crippen LogP contribution in [0.3, 0.4) is 0 Å². The molecule has 0 aliphatic carbocycles. The molecule has 0 aromatic rings. The summed E-state index contributed by atoms with van der Waals surface area (Å²) in [5, 5.41) is 0. The Bertz CT molecular complexity index is 217. The molecule has 0 spiro atoms. The molecule has 0 rings (SSSR count). The van der Waals surface area contributed by atoms with E-state index in [4.69, 9.17) is 9.47 Å². The van der Waals surface area contributed by atoms with Crippen molar-refractivity contribution in [2.45, 2.75) is 33.6 Å². The van der Waals surface area contributed by atoms with Crippen molar-refractivity contribution in [1.82, 2.24) is 0 Å². The molecule has 0 heterocycles. The standard InChI is InChI=1S/C7H14O3.C6H12O3/c1-3-7(8)10-6-5-9-4-2;1-3-6(7)9-5-4-8-2/h3-6H2,1-2H3;3-5H2,1-2H3. The predicted molar refractivity (Wildman–Crippen MR) is 70.9 cm³/mol. The van der Waals surface area contributed by atoms with E-state index in [1.54, 1.807) is 21.0 Å². The monoisotopic (exact) mass is 278 g/mol. The maximum atomic E-state index is 10.5. The third-order valence-corrected chi connectivity index (χ3v) is 1.82. The third kappa shape index (κ3) is 19.4. The van der Waals surface area contributed by atoms with Crippen LogP contribution in [0.15, 0.2) is 0 Å². The first-order valence-corrected chi connectivity index (χ1v) is 6.50. The summed E-state index contributed by atoms with van der Waals surface area (Å²) in [6.45, 7) is 7.82. The highest BCUT2D eigenvalue weighted by Gasteiger charge is 1.95. The van der Waals surface area contributed by atoms with Crippen LogP contribution in [0, 0.1) is 0 Å². The van der Waals surface area contributed by atoms with Gasteiger partial charge in [0.1, 0.15) is 13.2 Å². The van der Waals surface area contributed by atoms with Gasteiger partial charge in [-0.1, -0.05) is 13.8 Å². The molecule has 0 aromatic carbocycles. The predicted octanol–water partition coefficient (Wildman–Crippen LogP) is 1.56. The third-order valence-electron chi connectivity index (χ3n) is 1.82. The molecule has 0 amide bonds. The van der Waals surface area contributed by atoms with Gasteiger partial charge < -0.3 is 18.9 Å². The number of esters is 2. The Kier molecular flexibility index (Phi) is 17.9. The molecule has 0 fully saturated rings. The summed E-state index contributed by atoms with van der Waals surface area (Å²) in [5.41, 5.74) is 0. The van der Waals surface area contributed by atoms with E-state index in [9.17, 15) is 9.59 Å². The number of rotatable bonds is 9. The molecule has 6 heteroatoms. The summed E-state index contributed by atoms with van der Waals surface area (Å²) >= 11 is 0. The Labute approximate surface area is 115 Å². The van der Waals surface area contributed by atoms with Gasteiger partial charge in [-0.05, 0) is 6.92 Å². The molecule has 0 radical (unpaired) electrons. The van der Waals surface area contributed by atoms with Crippen LogP contribution in [-0.2, 0) is 28.5 Å². The summed E-state index contributed by atoms with van der Waals surface area (Å²) in [6.07, 6.45) is 0.871. The van der Waals surface area contributed by atoms with Crippen molar-refractivity contribution >= 4 is 11.9 Å². The van der Waals surface area contributed by atoms with Crippen molar-refractivity contribution in [2.75, 3.05) is 40.1 Å². The van der Waals surface area contributed by atoms with Crippen LogP contribution in [0.5, 0.6) is 0 Å².